The van der Waals surface area contributed by atoms with Crippen LogP contribution in [0.1, 0.15) is 48.1 Å². The molecule has 0 unspecified atom stereocenters. The minimum absolute atomic E-state index is 0.0974. The van der Waals surface area contributed by atoms with Gasteiger partial charge in [-0.2, -0.15) is 10.2 Å². The molecule has 0 spiro atoms. The van der Waals surface area contributed by atoms with Crippen molar-refractivity contribution in [3.8, 4) is 11.1 Å². The topological polar surface area (TPSA) is 80.8 Å². The van der Waals surface area contributed by atoms with E-state index in [0.717, 1.165) is 58.2 Å². The molecule has 1 amide bonds. The summed E-state index contributed by atoms with van der Waals surface area (Å²) in [5.74, 6) is 0.632. The Morgan fingerprint density at radius 1 is 1.03 bits per heavy atom. The molecule has 0 saturated carbocycles. The lowest BCUT2D eigenvalue weighted by Gasteiger charge is -2.29. The number of hydrogen-bond acceptors (Lipinski definition) is 6. The molecule has 9 nitrogen and oxygen atoms in total. The van der Waals surface area contributed by atoms with E-state index >= 15 is 0 Å². The van der Waals surface area contributed by atoms with E-state index in [9.17, 15) is 4.79 Å². The number of rotatable bonds is 4. The number of hydrogen-bond donors (Lipinski definition) is 0. The summed E-state index contributed by atoms with van der Waals surface area (Å²) >= 11 is 4.25. The lowest BCUT2D eigenvalue weighted by Crippen LogP contribution is -2.36. The molecule has 5 rings (SSSR count). The molecule has 38 heavy (non-hydrogen) atoms. The molecular formula is C27H31I2N7O2. The van der Waals surface area contributed by atoms with E-state index in [-0.39, 0.29) is 11.4 Å². The van der Waals surface area contributed by atoms with Gasteiger partial charge < -0.3 is 9.64 Å². The lowest BCUT2D eigenvalue weighted by atomic mass is 9.98. The molecule has 200 valence electrons. The fraction of sp³-hybridized carbons (Fsp3) is 0.407. The number of anilines is 2. The second-order valence-corrected chi connectivity index (χ2v) is 12.6. The quantitative estimate of drug-likeness (QED) is 0.197. The molecule has 0 radical (unpaired) electrons. The van der Waals surface area contributed by atoms with E-state index < -0.39 is 0 Å². The maximum Gasteiger partial charge on any atom is 0.271 e. The van der Waals surface area contributed by atoms with E-state index in [2.05, 4.69) is 106 Å². The molecule has 0 aliphatic carbocycles. The second-order valence-electron chi connectivity index (χ2n) is 10.6. The third-order valence-electron chi connectivity index (χ3n) is 6.70. The van der Waals surface area contributed by atoms with Gasteiger partial charge in [0.1, 0.15) is 9.53 Å². The van der Waals surface area contributed by atoms with Crippen molar-refractivity contribution in [3.05, 3.63) is 56.8 Å². The standard InChI is InChI=1S/C27H31I2N7O2/c1-16-11-17(2)22(36(29)26(37)21-15-35(27(4,5)6)32-24(21)28)13-20(16)19-12-23(33-7-9-38-10-8-33)25-30-18(3)31-34(25)14-19/h11-15H,7-10H2,1-6H3. The molecule has 0 bridgehead atoms. The number of ether oxygens (including phenoxy) is 1. The van der Waals surface area contributed by atoms with E-state index in [1.54, 1.807) is 3.11 Å². The number of carbonyl (C=O) groups excluding carboxylic acids is 1. The first-order chi connectivity index (χ1) is 17.9. The predicted molar refractivity (Wildman–Crippen MR) is 166 cm³/mol. The van der Waals surface area contributed by atoms with Crippen molar-refractivity contribution >= 4 is 68.4 Å². The van der Waals surface area contributed by atoms with Crippen LogP contribution in [0, 0.1) is 24.5 Å². The number of carbonyl (C=O) groups is 1. The number of halogens is 2. The molecule has 0 atom stereocenters. The summed E-state index contributed by atoms with van der Waals surface area (Å²) in [6.07, 6.45) is 3.87. The summed E-state index contributed by atoms with van der Waals surface area (Å²) in [5.41, 5.74) is 7.33. The van der Waals surface area contributed by atoms with E-state index in [4.69, 9.17) is 9.72 Å². The molecule has 4 heterocycles. The first kappa shape index (κ1) is 27.3. The van der Waals surface area contributed by atoms with Crippen LogP contribution in [0.25, 0.3) is 16.8 Å². The van der Waals surface area contributed by atoms with Gasteiger partial charge in [-0.05, 0) is 93.0 Å². The Balaban J connectivity index is 1.58. The van der Waals surface area contributed by atoms with E-state index in [0.29, 0.717) is 22.5 Å². The highest BCUT2D eigenvalue weighted by molar-refractivity contribution is 14.1. The van der Waals surface area contributed by atoms with Gasteiger partial charge in [-0.15, -0.1) is 0 Å². The first-order valence-electron chi connectivity index (χ1n) is 12.5. The largest absolute Gasteiger partial charge is 0.378 e. The normalized spacial score (nSPS) is 14.4. The van der Waals surface area contributed by atoms with Gasteiger partial charge >= 0.3 is 0 Å². The maximum atomic E-state index is 13.6. The highest BCUT2D eigenvalue weighted by atomic mass is 127. The first-order valence-corrected chi connectivity index (χ1v) is 14.6. The number of amides is 1. The van der Waals surface area contributed by atoms with Gasteiger partial charge in [0.15, 0.2) is 5.65 Å². The third kappa shape index (κ3) is 5.16. The van der Waals surface area contributed by atoms with Gasteiger partial charge in [-0.25, -0.2) is 12.6 Å². The van der Waals surface area contributed by atoms with Crippen LogP contribution in [0.2, 0.25) is 0 Å². The van der Waals surface area contributed by atoms with Crippen molar-refractivity contribution in [3.63, 3.8) is 0 Å². The molecule has 1 aliphatic heterocycles. The summed E-state index contributed by atoms with van der Waals surface area (Å²) < 4.78 is 11.7. The fourth-order valence-corrected chi connectivity index (χ4v) is 6.06. The third-order valence-corrected chi connectivity index (χ3v) is 8.46. The van der Waals surface area contributed by atoms with E-state index in [1.165, 1.54) is 0 Å². The van der Waals surface area contributed by atoms with Crippen LogP contribution in [-0.4, -0.2) is 56.6 Å². The fourth-order valence-electron chi connectivity index (χ4n) is 4.68. The Morgan fingerprint density at radius 3 is 2.39 bits per heavy atom. The summed E-state index contributed by atoms with van der Waals surface area (Å²) in [6.45, 7) is 15.3. The lowest BCUT2D eigenvalue weighted by molar-refractivity contribution is 0.101. The molecule has 1 aliphatic rings. The van der Waals surface area contributed by atoms with Gasteiger partial charge in [0.2, 0.25) is 0 Å². The summed E-state index contributed by atoms with van der Waals surface area (Å²) in [4.78, 5) is 20.7. The molecule has 4 aromatic rings. The molecule has 0 N–H and O–H groups in total. The number of pyridine rings is 1. The second kappa shape index (κ2) is 10.4. The Labute approximate surface area is 250 Å². The Bertz CT molecular complexity index is 1530. The van der Waals surface area contributed by atoms with E-state index in [1.807, 2.05) is 35.4 Å². The zero-order chi connectivity index (χ0) is 27.4. The van der Waals surface area contributed by atoms with Gasteiger partial charge in [0, 0.05) is 31.0 Å². The van der Waals surface area contributed by atoms with Crippen LogP contribution >= 0.6 is 45.5 Å². The molecule has 1 saturated heterocycles. The van der Waals surface area contributed by atoms with Crippen LogP contribution < -0.4 is 8.01 Å². The number of aryl methyl sites for hydroxylation is 3. The predicted octanol–water partition coefficient (Wildman–Crippen LogP) is 5.71. The zero-order valence-corrected chi connectivity index (χ0v) is 26.7. The number of aromatic nitrogens is 5. The van der Waals surface area contributed by atoms with Crippen molar-refractivity contribution in [1.82, 2.24) is 24.4 Å². The van der Waals surface area contributed by atoms with Gasteiger partial charge in [-0.1, -0.05) is 6.07 Å². The van der Waals surface area contributed by atoms with Crippen LogP contribution in [0.4, 0.5) is 11.4 Å². The smallest absolute Gasteiger partial charge is 0.271 e. The summed E-state index contributed by atoms with van der Waals surface area (Å²) in [6, 6.07) is 6.42. The van der Waals surface area contributed by atoms with Crippen LogP contribution in [0.3, 0.4) is 0 Å². The average Bonchev–Trinajstić information content (AvgIpc) is 3.45. The van der Waals surface area contributed by atoms with Gasteiger partial charge in [0.05, 0.1) is 58.6 Å². The van der Waals surface area contributed by atoms with Crippen molar-refractivity contribution in [2.45, 2.75) is 47.1 Å². The van der Waals surface area contributed by atoms with Crippen molar-refractivity contribution < 1.29 is 9.53 Å². The summed E-state index contributed by atoms with van der Waals surface area (Å²) in [5, 5.41) is 9.22. The Kier molecular flexibility index (Phi) is 7.46. The van der Waals surface area contributed by atoms with Crippen molar-refractivity contribution in [2.75, 3.05) is 34.3 Å². The minimum atomic E-state index is -0.210. The van der Waals surface area contributed by atoms with Crippen molar-refractivity contribution in [2.24, 2.45) is 0 Å². The zero-order valence-electron chi connectivity index (χ0n) is 22.4. The number of nitrogens with zero attached hydrogens (tertiary/aromatic N) is 7. The number of benzene rings is 1. The van der Waals surface area contributed by atoms with Gasteiger partial charge in [-0.3, -0.25) is 9.48 Å². The molecule has 3 aromatic heterocycles. The van der Waals surface area contributed by atoms with Crippen LogP contribution in [0.15, 0.2) is 30.6 Å². The highest BCUT2D eigenvalue weighted by Gasteiger charge is 2.26. The van der Waals surface area contributed by atoms with Crippen molar-refractivity contribution in [1.29, 1.82) is 0 Å². The monoisotopic (exact) mass is 739 g/mol. The summed E-state index contributed by atoms with van der Waals surface area (Å²) in [7, 11) is 0. The maximum absolute atomic E-state index is 13.6. The highest BCUT2D eigenvalue weighted by Crippen LogP contribution is 2.36. The molecule has 1 fully saturated rings. The van der Waals surface area contributed by atoms with Crippen LogP contribution in [0.5, 0.6) is 0 Å². The van der Waals surface area contributed by atoms with Crippen LogP contribution in [-0.2, 0) is 10.3 Å². The molecule has 11 heteroatoms. The average molecular weight is 739 g/mol. The number of fused-ring (bicyclic) bond motifs is 1. The Hall–Kier alpha value is -2.26. The minimum Gasteiger partial charge on any atom is -0.378 e. The molecular weight excluding hydrogens is 708 g/mol. The molecule has 1 aromatic carbocycles. The Morgan fingerprint density at radius 2 is 1.74 bits per heavy atom. The van der Waals surface area contributed by atoms with Gasteiger partial charge in [0.25, 0.3) is 5.91 Å². The SMILES string of the molecule is Cc1nc2c(N3CCOCC3)cc(-c3cc(N(I)C(=O)c4cn(C(C)(C)C)nc4I)c(C)cc3C)cn2n1. The number of morpholine rings is 1.